The van der Waals surface area contributed by atoms with Gasteiger partial charge in [0.2, 0.25) is 0 Å². The molecule has 1 aromatic heterocycles. The predicted molar refractivity (Wildman–Crippen MR) is 92.8 cm³/mol. The van der Waals surface area contributed by atoms with Crippen LogP contribution in [0.4, 0.5) is 4.79 Å². The van der Waals surface area contributed by atoms with E-state index in [4.69, 9.17) is 4.42 Å². The van der Waals surface area contributed by atoms with E-state index >= 15 is 0 Å². The molecule has 7 nitrogen and oxygen atoms in total. The lowest BCUT2D eigenvalue weighted by molar-refractivity contribution is 0.0563. The molecule has 1 saturated heterocycles. The van der Waals surface area contributed by atoms with E-state index < -0.39 is 0 Å². The molecule has 0 aliphatic carbocycles. The maximum Gasteiger partial charge on any atom is 0.317 e. The van der Waals surface area contributed by atoms with Crippen molar-refractivity contribution in [3.05, 3.63) is 24.2 Å². The standard InChI is InChI=1S/C17H30N4O3/c1-13-11-21(8-7-20(13)12-14(2)22)17(23)18-10-15(19(3)4)16-6-5-9-24-16/h5-6,9,13-15,22H,7-8,10-12H2,1-4H3,(H,18,23). The lowest BCUT2D eigenvalue weighted by atomic mass is 10.1. The summed E-state index contributed by atoms with van der Waals surface area (Å²) >= 11 is 0. The highest BCUT2D eigenvalue weighted by molar-refractivity contribution is 5.74. The van der Waals surface area contributed by atoms with Gasteiger partial charge in [0, 0.05) is 38.8 Å². The second-order valence-electron chi connectivity index (χ2n) is 6.82. The number of nitrogens with zero attached hydrogens (tertiary/aromatic N) is 3. The van der Waals surface area contributed by atoms with Crippen LogP contribution >= 0.6 is 0 Å². The third-order valence-electron chi connectivity index (χ3n) is 4.49. The summed E-state index contributed by atoms with van der Waals surface area (Å²) in [6.07, 6.45) is 1.30. The lowest BCUT2D eigenvalue weighted by Gasteiger charge is -2.40. The van der Waals surface area contributed by atoms with Crippen LogP contribution in [0.15, 0.2) is 22.8 Å². The van der Waals surface area contributed by atoms with Crippen LogP contribution in [0.25, 0.3) is 0 Å². The van der Waals surface area contributed by atoms with Gasteiger partial charge in [-0.2, -0.15) is 0 Å². The number of furan rings is 1. The third kappa shape index (κ3) is 4.96. The highest BCUT2D eigenvalue weighted by Gasteiger charge is 2.28. The molecule has 1 fully saturated rings. The molecule has 2 amide bonds. The number of urea groups is 1. The smallest absolute Gasteiger partial charge is 0.317 e. The van der Waals surface area contributed by atoms with Crippen molar-refractivity contribution in [2.75, 3.05) is 46.8 Å². The Morgan fingerprint density at radius 3 is 2.79 bits per heavy atom. The summed E-state index contributed by atoms with van der Waals surface area (Å²) in [6.45, 7) is 7.17. The number of carbonyl (C=O) groups is 1. The SMILES string of the molecule is CC(O)CN1CCN(C(=O)NCC(c2ccco2)N(C)C)CC1C. The van der Waals surface area contributed by atoms with Gasteiger partial charge < -0.3 is 19.7 Å². The molecule has 24 heavy (non-hydrogen) atoms. The van der Waals surface area contributed by atoms with Gasteiger partial charge in [0.1, 0.15) is 5.76 Å². The summed E-state index contributed by atoms with van der Waals surface area (Å²) in [5, 5.41) is 12.6. The van der Waals surface area contributed by atoms with E-state index in [1.807, 2.05) is 36.0 Å². The van der Waals surface area contributed by atoms with Gasteiger partial charge in [-0.25, -0.2) is 4.79 Å². The van der Waals surface area contributed by atoms with Crippen molar-refractivity contribution in [3.8, 4) is 0 Å². The van der Waals surface area contributed by atoms with E-state index in [0.717, 1.165) is 12.3 Å². The van der Waals surface area contributed by atoms with Gasteiger partial charge in [0.15, 0.2) is 0 Å². The van der Waals surface area contributed by atoms with Crippen molar-refractivity contribution in [1.82, 2.24) is 20.0 Å². The Kier molecular flexibility index (Phi) is 6.65. The Balaban J connectivity index is 1.84. The first kappa shape index (κ1) is 18.8. The first-order valence-corrected chi connectivity index (χ1v) is 8.53. The number of carbonyl (C=O) groups excluding carboxylic acids is 1. The summed E-state index contributed by atoms with van der Waals surface area (Å²) < 4.78 is 5.47. The van der Waals surface area contributed by atoms with Crippen molar-refractivity contribution in [2.45, 2.75) is 32.0 Å². The van der Waals surface area contributed by atoms with E-state index in [0.29, 0.717) is 26.2 Å². The van der Waals surface area contributed by atoms with Gasteiger partial charge in [0.05, 0.1) is 18.4 Å². The van der Waals surface area contributed by atoms with Gasteiger partial charge >= 0.3 is 6.03 Å². The zero-order chi connectivity index (χ0) is 17.7. The minimum absolute atomic E-state index is 0.0119. The molecular formula is C17H30N4O3. The molecule has 0 spiro atoms. The quantitative estimate of drug-likeness (QED) is 0.809. The third-order valence-corrected chi connectivity index (χ3v) is 4.49. The molecule has 0 saturated carbocycles. The highest BCUT2D eigenvalue weighted by Crippen LogP contribution is 2.18. The topological polar surface area (TPSA) is 72.2 Å². The van der Waals surface area contributed by atoms with Crippen LogP contribution in [-0.2, 0) is 0 Å². The van der Waals surface area contributed by atoms with Crippen LogP contribution < -0.4 is 5.32 Å². The van der Waals surface area contributed by atoms with Crippen LogP contribution in [0, 0.1) is 0 Å². The van der Waals surface area contributed by atoms with Crippen LogP contribution in [0.3, 0.4) is 0 Å². The number of rotatable bonds is 6. The van der Waals surface area contributed by atoms with Gasteiger partial charge in [-0.15, -0.1) is 0 Å². The molecule has 2 heterocycles. The van der Waals surface area contributed by atoms with Crippen LogP contribution in [0.1, 0.15) is 25.6 Å². The lowest BCUT2D eigenvalue weighted by Crippen LogP contribution is -2.57. The number of likely N-dealkylation sites (N-methyl/N-ethyl adjacent to an activating group) is 1. The zero-order valence-electron chi connectivity index (χ0n) is 15.1. The average molecular weight is 338 g/mol. The van der Waals surface area contributed by atoms with Crippen molar-refractivity contribution < 1.29 is 14.3 Å². The first-order chi connectivity index (χ1) is 11.4. The number of aliphatic hydroxyl groups is 1. The van der Waals surface area contributed by atoms with Crippen molar-refractivity contribution >= 4 is 6.03 Å². The van der Waals surface area contributed by atoms with Crippen molar-refractivity contribution in [3.63, 3.8) is 0 Å². The van der Waals surface area contributed by atoms with Crippen LogP contribution in [0.2, 0.25) is 0 Å². The predicted octanol–water partition coefficient (Wildman–Crippen LogP) is 0.979. The van der Waals surface area contributed by atoms with Crippen LogP contribution in [0.5, 0.6) is 0 Å². The number of hydrogen-bond acceptors (Lipinski definition) is 5. The van der Waals surface area contributed by atoms with Crippen LogP contribution in [-0.4, -0.2) is 84.8 Å². The Labute approximate surface area is 144 Å². The van der Waals surface area contributed by atoms with Gasteiger partial charge in [-0.1, -0.05) is 0 Å². The normalized spacial score (nSPS) is 21.8. The summed E-state index contributed by atoms with van der Waals surface area (Å²) in [4.78, 5) is 18.6. The Morgan fingerprint density at radius 2 is 2.25 bits per heavy atom. The second kappa shape index (κ2) is 8.50. The average Bonchev–Trinajstić information content (AvgIpc) is 3.02. The minimum Gasteiger partial charge on any atom is -0.468 e. The first-order valence-electron chi connectivity index (χ1n) is 8.53. The fourth-order valence-corrected chi connectivity index (χ4v) is 3.10. The van der Waals surface area contributed by atoms with E-state index in [9.17, 15) is 9.90 Å². The largest absolute Gasteiger partial charge is 0.468 e. The zero-order valence-corrected chi connectivity index (χ0v) is 15.1. The number of nitrogens with one attached hydrogen (secondary N) is 1. The van der Waals surface area contributed by atoms with Crippen molar-refractivity contribution in [1.29, 1.82) is 0 Å². The number of amides is 2. The fourth-order valence-electron chi connectivity index (χ4n) is 3.10. The molecule has 3 unspecified atom stereocenters. The molecule has 0 bridgehead atoms. The van der Waals surface area contributed by atoms with Gasteiger partial charge in [-0.05, 0) is 40.1 Å². The second-order valence-corrected chi connectivity index (χ2v) is 6.82. The summed E-state index contributed by atoms with van der Waals surface area (Å²) in [5.41, 5.74) is 0. The molecule has 1 aromatic rings. The number of piperazine rings is 1. The van der Waals surface area contributed by atoms with E-state index in [2.05, 4.69) is 17.1 Å². The Bertz CT molecular complexity index is 504. The molecule has 3 atom stereocenters. The minimum atomic E-state index is -0.345. The Morgan fingerprint density at radius 1 is 1.50 bits per heavy atom. The van der Waals surface area contributed by atoms with Gasteiger partial charge in [-0.3, -0.25) is 9.80 Å². The highest BCUT2D eigenvalue weighted by atomic mass is 16.3. The molecule has 0 radical (unpaired) electrons. The molecule has 2 N–H and O–H groups in total. The number of β-amino-alcohol motifs (C(OH)–C–C–N with tert-alkyl or cyclic N) is 1. The molecular weight excluding hydrogens is 308 g/mol. The maximum absolute atomic E-state index is 12.5. The monoisotopic (exact) mass is 338 g/mol. The molecule has 2 rings (SSSR count). The van der Waals surface area contributed by atoms with E-state index in [1.54, 1.807) is 13.2 Å². The number of hydrogen-bond donors (Lipinski definition) is 2. The molecule has 136 valence electrons. The van der Waals surface area contributed by atoms with Crippen molar-refractivity contribution in [2.24, 2.45) is 0 Å². The maximum atomic E-state index is 12.5. The molecule has 1 aliphatic heterocycles. The van der Waals surface area contributed by atoms with E-state index in [1.165, 1.54) is 0 Å². The Hall–Kier alpha value is -1.57. The molecule has 0 aromatic carbocycles. The molecule has 7 heteroatoms. The van der Waals surface area contributed by atoms with Gasteiger partial charge in [0.25, 0.3) is 0 Å². The van der Waals surface area contributed by atoms with E-state index in [-0.39, 0.29) is 24.2 Å². The molecule has 1 aliphatic rings. The summed E-state index contributed by atoms with van der Waals surface area (Å²) in [7, 11) is 3.94. The summed E-state index contributed by atoms with van der Waals surface area (Å²) in [5.74, 6) is 0.843. The summed E-state index contributed by atoms with van der Waals surface area (Å²) in [6, 6.07) is 3.99. The fraction of sp³-hybridized carbons (Fsp3) is 0.706. The number of aliphatic hydroxyl groups excluding tert-OH is 1.